The molecule has 0 spiro atoms. The van der Waals surface area contributed by atoms with Crippen molar-refractivity contribution in [3.8, 4) is 0 Å². The highest BCUT2D eigenvalue weighted by atomic mass is 16.7. The molecular formula is C10H21NO2. The molecule has 0 saturated carbocycles. The maximum atomic E-state index is 5.21. The molecule has 1 saturated heterocycles. The fourth-order valence-corrected chi connectivity index (χ4v) is 1.73. The van der Waals surface area contributed by atoms with Crippen molar-refractivity contribution >= 4 is 0 Å². The Morgan fingerprint density at radius 3 is 1.92 bits per heavy atom. The molecule has 1 fully saturated rings. The average Bonchev–Trinajstić information content (AvgIpc) is 2.09. The molecule has 1 heterocycles. The van der Waals surface area contributed by atoms with Crippen LogP contribution in [0.1, 0.15) is 26.7 Å². The molecule has 0 aromatic rings. The van der Waals surface area contributed by atoms with E-state index in [1.54, 1.807) is 14.2 Å². The van der Waals surface area contributed by atoms with Gasteiger partial charge in [-0.05, 0) is 18.3 Å². The predicted octanol–water partition coefficient (Wildman–Crippen LogP) is 1.68. The zero-order valence-corrected chi connectivity index (χ0v) is 9.17. The van der Waals surface area contributed by atoms with Gasteiger partial charge in [-0.15, -0.1) is 0 Å². The number of hydrogen-bond acceptors (Lipinski definition) is 3. The van der Waals surface area contributed by atoms with Gasteiger partial charge in [-0.3, -0.25) is 4.90 Å². The topological polar surface area (TPSA) is 21.7 Å². The molecule has 0 amide bonds. The molecule has 3 heteroatoms. The number of likely N-dealkylation sites (tertiary alicyclic amines) is 1. The van der Waals surface area contributed by atoms with Crippen LogP contribution in [-0.4, -0.2) is 38.6 Å². The fourth-order valence-electron chi connectivity index (χ4n) is 1.73. The van der Waals surface area contributed by atoms with Crippen molar-refractivity contribution in [3.05, 3.63) is 0 Å². The van der Waals surface area contributed by atoms with Crippen LogP contribution in [0.5, 0.6) is 0 Å². The number of rotatable bonds is 3. The Kier molecular flexibility index (Phi) is 3.71. The summed E-state index contributed by atoms with van der Waals surface area (Å²) in [6.45, 7) is 6.77. The van der Waals surface area contributed by atoms with E-state index < -0.39 is 0 Å². The van der Waals surface area contributed by atoms with Crippen molar-refractivity contribution in [2.24, 2.45) is 5.41 Å². The minimum Gasteiger partial charge on any atom is -0.343 e. The summed E-state index contributed by atoms with van der Waals surface area (Å²) in [5.74, 6) is 0. The van der Waals surface area contributed by atoms with E-state index in [0.717, 1.165) is 13.1 Å². The molecule has 0 radical (unpaired) electrons. The lowest BCUT2D eigenvalue weighted by Gasteiger charge is -2.39. The molecule has 1 aliphatic heterocycles. The molecule has 3 nitrogen and oxygen atoms in total. The second kappa shape index (κ2) is 4.40. The number of methoxy groups -OCH3 is 2. The van der Waals surface area contributed by atoms with Gasteiger partial charge in [0.1, 0.15) is 0 Å². The van der Waals surface area contributed by atoms with Crippen LogP contribution in [0.25, 0.3) is 0 Å². The van der Waals surface area contributed by atoms with E-state index in [1.165, 1.54) is 12.8 Å². The normalized spacial score (nSPS) is 23.8. The van der Waals surface area contributed by atoms with Gasteiger partial charge in [0.25, 0.3) is 0 Å². The first-order chi connectivity index (χ1) is 6.09. The smallest absolute Gasteiger partial charge is 0.218 e. The second-order valence-corrected chi connectivity index (χ2v) is 4.48. The zero-order valence-electron chi connectivity index (χ0n) is 9.17. The van der Waals surface area contributed by atoms with Crippen LogP contribution in [0.4, 0.5) is 0 Å². The van der Waals surface area contributed by atoms with E-state index in [0.29, 0.717) is 5.41 Å². The summed E-state index contributed by atoms with van der Waals surface area (Å²) >= 11 is 0. The Labute approximate surface area is 81.0 Å². The number of hydrogen-bond donors (Lipinski definition) is 0. The van der Waals surface area contributed by atoms with Crippen molar-refractivity contribution in [1.82, 2.24) is 4.90 Å². The molecule has 0 aromatic carbocycles. The van der Waals surface area contributed by atoms with Gasteiger partial charge in [0.2, 0.25) is 6.41 Å². The molecule has 78 valence electrons. The molecule has 0 aliphatic carbocycles. The largest absolute Gasteiger partial charge is 0.343 e. The van der Waals surface area contributed by atoms with Gasteiger partial charge in [-0.1, -0.05) is 13.8 Å². The van der Waals surface area contributed by atoms with E-state index in [2.05, 4.69) is 18.7 Å². The van der Waals surface area contributed by atoms with Crippen LogP contribution in [-0.2, 0) is 9.47 Å². The van der Waals surface area contributed by atoms with Crippen LogP contribution in [0.2, 0.25) is 0 Å². The predicted molar refractivity (Wildman–Crippen MR) is 52.4 cm³/mol. The van der Waals surface area contributed by atoms with Gasteiger partial charge >= 0.3 is 0 Å². The molecule has 0 atom stereocenters. The Hall–Kier alpha value is -0.120. The van der Waals surface area contributed by atoms with Crippen molar-refractivity contribution in [3.63, 3.8) is 0 Å². The summed E-state index contributed by atoms with van der Waals surface area (Å²) in [5, 5.41) is 0. The van der Waals surface area contributed by atoms with E-state index >= 15 is 0 Å². The van der Waals surface area contributed by atoms with Crippen molar-refractivity contribution in [1.29, 1.82) is 0 Å². The van der Waals surface area contributed by atoms with E-state index in [9.17, 15) is 0 Å². The molecule has 0 N–H and O–H groups in total. The molecule has 0 unspecified atom stereocenters. The summed E-state index contributed by atoms with van der Waals surface area (Å²) in [6, 6.07) is 0. The molecule has 0 aromatic heterocycles. The monoisotopic (exact) mass is 187 g/mol. The molecular weight excluding hydrogens is 166 g/mol. The quantitative estimate of drug-likeness (QED) is 0.627. The zero-order chi connectivity index (χ0) is 9.90. The van der Waals surface area contributed by atoms with Crippen LogP contribution in [0.3, 0.4) is 0 Å². The summed E-state index contributed by atoms with van der Waals surface area (Å²) in [4.78, 5) is 2.24. The molecule has 13 heavy (non-hydrogen) atoms. The minimum absolute atomic E-state index is 0.156. The van der Waals surface area contributed by atoms with Gasteiger partial charge in [-0.25, -0.2) is 0 Å². The fraction of sp³-hybridized carbons (Fsp3) is 1.00. The van der Waals surface area contributed by atoms with Crippen LogP contribution in [0.15, 0.2) is 0 Å². The third-order valence-electron chi connectivity index (χ3n) is 2.85. The second-order valence-electron chi connectivity index (χ2n) is 4.48. The maximum absolute atomic E-state index is 5.21. The summed E-state index contributed by atoms with van der Waals surface area (Å²) < 4.78 is 10.4. The van der Waals surface area contributed by atoms with E-state index in [4.69, 9.17) is 9.47 Å². The Balaban J connectivity index is 2.39. The lowest BCUT2D eigenvalue weighted by Crippen LogP contribution is -2.45. The highest BCUT2D eigenvalue weighted by Gasteiger charge is 2.28. The SMILES string of the molecule is COC(OC)N1CCC(C)(C)CC1. The van der Waals surface area contributed by atoms with Gasteiger partial charge in [0.05, 0.1) is 0 Å². The van der Waals surface area contributed by atoms with Gasteiger partial charge < -0.3 is 9.47 Å². The van der Waals surface area contributed by atoms with Gasteiger partial charge in [0.15, 0.2) is 0 Å². The number of ether oxygens (including phenoxy) is 2. The Morgan fingerprint density at radius 2 is 1.54 bits per heavy atom. The van der Waals surface area contributed by atoms with Gasteiger partial charge in [0, 0.05) is 27.3 Å². The first kappa shape index (κ1) is 11.0. The summed E-state index contributed by atoms with van der Waals surface area (Å²) in [5.41, 5.74) is 0.489. The lowest BCUT2D eigenvalue weighted by molar-refractivity contribution is -0.204. The third-order valence-corrected chi connectivity index (χ3v) is 2.85. The molecule has 1 rings (SSSR count). The maximum Gasteiger partial charge on any atom is 0.218 e. The van der Waals surface area contributed by atoms with E-state index in [1.807, 2.05) is 0 Å². The van der Waals surface area contributed by atoms with Crippen molar-refractivity contribution in [2.75, 3.05) is 27.3 Å². The Morgan fingerprint density at radius 1 is 1.08 bits per heavy atom. The van der Waals surface area contributed by atoms with Crippen LogP contribution >= 0.6 is 0 Å². The van der Waals surface area contributed by atoms with E-state index in [-0.39, 0.29) is 6.41 Å². The average molecular weight is 187 g/mol. The molecule has 0 bridgehead atoms. The van der Waals surface area contributed by atoms with Gasteiger partial charge in [-0.2, -0.15) is 0 Å². The Bertz CT molecular complexity index is 145. The van der Waals surface area contributed by atoms with Crippen molar-refractivity contribution < 1.29 is 9.47 Å². The standard InChI is InChI=1S/C10H21NO2/c1-10(2)5-7-11(8-6-10)9(12-3)13-4/h9H,5-8H2,1-4H3. The van der Waals surface area contributed by atoms with Crippen molar-refractivity contribution in [2.45, 2.75) is 33.1 Å². The summed E-state index contributed by atoms with van der Waals surface area (Å²) in [6.07, 6.45) is 2.28. The first-order valence-corrected chi connectivity index (χ1v) is 4.89. The lowest BCUT2D eigenvalue weighted by atomic mass is 9.83. The highest BCUT2D eigenvalue weighted by molar-refractivity contribution is 4.78. The first-order valence-electron chi connectivity index (χ1n) is 4.89. The molecule has 1 aliphatic rings. The number of nitrogens with zero attached hydrogens (tertiary/aromatic N) is 1. The number of piperidine rings is 1. The summed E-state index contributed by atoms with van der Waals surface area (Å²) in [7, 11) is 3.38. The third kappa shape index (κ3) is 2.93. The highest BCUT2D eigenvalue weighted by Crippen LogP contribution is 2.30. The van der Waals surface area contributed by atoms with Crippen LogP contribution in [0, 0.1) is 5.41 Å². The minimum atomic E-state index is -0.156. The van der Waals surface area contributed by atoms with Crippen LogP contribution < -0.4 is 0 Å².